The third-order valence-corrected chi connectivity index (χ3v) is 2.90. The molecule has 5 nitrogen and oxygen atoms in total. The Morgan fingerprint density at radius 1 is 1.15 bits per heavy atom. The largest absolute Gasteiger partial charge is 0.478 e. The number of hydrogen-bond acceptors (Lipinski definition) is 3. The lowest BCUT2D eigenvalue weighted by molar-refractivity contribution is 0.0695. The van der Waals surface area contributed by atoms with E-state index in [1.807, 2.05) is 0 Å². The van der Waals surface area contributed by atoms with E-state index in [0.29, 0.717) is 16.4 Å². The summed E-state index contributed by atoms with van der Waals surface area (Å²) >= 11 is 5.75. The second-order valence-corrected chi connectivity index (χ2v) is 4.53. The summed E-state index contributed by atoms with van der Waals surface area (Å²) < 4.78 is 0. The van der Waals surface area contributed by atoms with Gasteiger partial charge in [-0.25, -0.2) is 9.78 Å². The van der Waals surface area contributed by atoms with Crippen molar-refractivity contribution in [3.8, 4) is 0 Å². The van der Waals surface area contributed by atoms with Crippen LogP contribution in [0.4, 0.5) is 5.69 Å². The van der Waals surface area contributed by atoms with Gasteiger partial charge in [0, 0.05) is 10.7 Å². The Morgan fingerprint density at radius 3 is 2.35 bits per heavy atom. The number of halogens is 1. The van der Waals surface area contributed by atoms with E-state index in [4.69, 9.17) is 16.7 Å². The quantitative estimate of drug-likeness (QED) is 0.911. The summed E-state index contributed by atoms with van der Waals surface area (Å²) in [7, 11) is 0. The summed E-state index contributed by atoms with van der Waals surface area (Å²) in [6, 6.07) is 9.38. The number of amides is 1. The zero-order valence-corrected chi connectivity index (χ0v) is 11.3. The van der Waals surface area contributed by atoms with Crippen molar-refractivity contribution in [1.82, 2.24) is 4.98 Å². The van der Waals surface area contributed by atoms with E-state index in [9.17, 15) is 9.59 Å². The number of carboxylic acid groups (broad SMARTS) is 1. The molecule has 102 valence electrons. The summed E-state index contributed by atoms with van der Waals surface area (Å²) in [6.45, 7) is 1.54. The predicted octanol–water partition coefficient (Wildman–Crippen LogP) is 2.99. The molecule has 2 rings (SSSR count). The molecule has 0 saturated carbocycles. The first-order valence-corrected chi connectivity index (χ1v) is 6.13. The van der Waals surface area contributed by atoms with Gasteiger partial charge in [0.25, 0.3) is 5.91 Å². The van der Waals surface area contributed by atoms with Gasteiger partial charge in [-0.1, -0.05) is 11.6 Å². The SMILES string of the molecule is Cc1nc(C(=O)Nc2ccc(Cl)cc2)ccc1C(=O)O. The first kappa shape index (κ1) is 14.0. The van der Waals surface area contributed by atoms with Crippen LogP contribution in [0.25, 0.3) is 0 Å². The molecule has 1 heterocycles. The van der Waals surface area contributed by atoms with Gasteiger partial charge in [-0.15, -0.1) is 0 Å². The molecule has 0 aliphatic heterocycles. The maximum absolute atomic E-state index is 12.0. The summed E-state index contributed by atoms with van der Waals surface area (Å²) in [5.41, 5.74) is 1.11. The summed E-state index contributed by atoms with van der Waals surface area (Å²) in [6.07, 6.45) is 0. The lowest BCUT2D eigenvalue weighted by Crippen LogP contribution is -2.15. The number of carboxylic acids is 1. The number of aromatic carboxylic acids is 1. The van der Waals surface area contributed by atoms with Crippen molar-refractivity contribution in [2.24, 2.45) is 0 Å². The number of hydrogen-bond donors (Lipinski definition) is 2. The molecule has 0 radical (unpaired) electrons. The number of nitrogens with zero attached hydrogens (tertiary/aromatic N) is 1. The Bertz CT molecular complexity index is 669. The number of benzene rings is 1. The molecule has 0 fully saturated rings. The number of pyridine rings is 1. The van der Waals surface area contributed by atoms with Crippen molar-refractivity contribution in [3.05, 3.63) is 58.4 Å². The van der Waals surface area contributed by atoms with Gasteiger partial charge < -0.3 is 10.4 Å². The number of aromatic nitrogens is 1. The third kappa shape index (κ3) is 3.13. The second kappa shape index (κ2) is 5.71. The molecule has 2 aromatic rings. The number of carbonyl (C=O) groups excluding carboxylic acids is 1. The average Bonchev–Trinajstić information content (AvgIpc) is 2.40. The molecule has 6 heteroatoms. The van der Waals surface area contributed by atoms with E-state index in [2.05, 4.69) is 10.3 Å². The van der Waals surface area contributed by atoms with Crippen LogP contribution in [0, 0.1) is 6.92 Å². The monoisotopic (exact) mass is 290 g/mol. The number of anilines is 1. The molecule has 0 aliphatic rings. The smallest absolute Gasteiger partial charge is 0.337 e. The van der Waals surface area contributed by atoms with Crippen LogP contribution in [0.1, 0.15) is 26.5 Å². The van der Waals surface area contributed by atoms with Crippen LogP contribution in [0.15, 0.2) is 36.4 Å². The van der Waals surface area contributed by atoms with E-state index in [1.54, 1.807) is 31.2 Å². The van der Waals surface area contributed by atoms with Crippen LogP contribution >= 0.6 is 11.6 Å². The summed E-state index contributed by atoms with van der Waals surface area (Å²) in [5.74, 6) is -1.48. The molecule has 1 aromatic heterocycles. The molecule has 1 amide bonds. The summed E-state index contributed by atoms with van der Waals surface area (Å²) in [5, 5.41) is 12.1. The first-order valence-electron chi connectivity index (χ1n) is 5.75. The number of rotatable bonds is 3. The first-order chi connectivity index (χ1) is 9.47. The molecular weight excluding hydrogens is 280 g/mol. The van der Waals surface area contributed by atoms with E-state index < -0.39 is 11.9 Å². The number of aryl methyl sites for hydroxylation is 1. The van der Waals surface area contributed by atoms with Crippen molar-refractivity contribution in [1.29, 1.82) is 0 Å². The molecule has 0 bridgehead atoms. The van der Waals surface area contributed by atoms with Crippen molar-refractivity contribution in [2.75, 3.05) is 5.32 Å². The van der Waals surface area contributed by atoms with Gasteiger partial charge >= 0.3 is 5.97 Å². The van der Waals surface area contributed by atoms with Crippen LogP contribution < -0.4 is 5.32 Å². The minimum Gasteiger partial charge on any atom is -0.478 e. The van der Waals surface area contributed by atoms with E-state index in [0.717, 1.165) is 0 Å². The number of carbonyl (C=O) groups is 2. The Balaban J connectivity index is 2.19. The Hall–Kier alpha value is -2.40. The molecule has 20 heavy (non-hydrogen) atoms. The van der Waals surface area contributed by atoms with Crippen LogP contribution in [0.2, 0.25) is 5.02 Å². The Kier molecular flexibility index (Phi) is 4.00. The van der Waals surface area contributed by atoms with Crippen LogP contribution in [-0.4, -0.2) is 22.0 Å². The molecular formula is C14H11ClN2O3. The topological polar surface area (TPSA) is 79.3 Å². The van der Waals surface area contributed by atoms with Crippen molar-refractivity contribution in [3.63, 3.8) is 0 Å². The van der Waals surface area contributed by atoms with Gasteiger partial charge in [0.2, 0.25) is 0 Å². The van der Waals surface area contributed by atoms with Crippen molar-refractivity contribution >= 4 is 29.2 Å². The minimum atomic E-state index is -1.07. The van der Waals surface area contributed by atoms with Crippen LogP contribution in [0.5, 0.6) is 0 Å². The Morgan fingerprint density at radius 2 is 1.80 bits per heavy atom. The highest BCUT2D eigenvalue weighted by atomic mass is 35.5. The van der Waals surface area contributed by atoms with Gasteiger partial charge in [0.05, 0.1) is 11.3 Å². The molecule has 0 unspecified atom stereocenters. The molecule has 2 N–H and O–H groups in total. The molecule has 0 aliphatic carbocycles. The fraction of sp³-hybridized carbons (Fsp3) is 0.0714. The van der Waals surface area contributed by atoms with Crippen LogP contribution in [-0.2, 0) is 0 Å². The van der Waals surface area contributed by atoms with E-state index >= 15 is 0 Å². The highest BCUT2D eigenvalue weighted by molar-refractivity contribution is 6.30. The highest BCUT2D eigenvalue weighted by Crippen LogP contribution is 2.14. The highest BCUT2D eigenvalue weighted by Gasteiger charge is 2.13. The summed E-state index contributed by atoms with van der Waals surface area (Å²) in [4.78, 5) is 26.8. The molecule has 0 saturated heterocycles. The fourth-order valence-corrected chi connectivity index (χ4v) is 1.77. The minimum absolute atomic E-state index is 0.0769. The van der Waals surface area contributed by atoms with Gasteiger partial charge in [0.1, 0.15) is 5.69 Å². The van der Waals surface area contributed by atoms with Crippen molar-refractivity contribution < 1.29 is 14.7 Å². The van der Waals surface area contributed by atoms with Gasteiger partial charge in [-0.2, -0.15) is 0 Å². The fourth-order valence-electron chi connectivity index (χ4n) is 1.64. The van der Waals surface area contributed by atoms with Crippen LogP contribution in [0.3, 0.4) is 0 Å². The normalized spacial score (nSPS) is 10.1. The van der Waals surface area contributed by atoms with Gasteiger partial charge in [-0.3, -0.25) is 4.79 Å². The second-order valence-electron chi connectivity index (χ2n) is 4.10. The van der Waals surface area contributed by atoms with Crippen molar-refractivity contribution in [2.45, 2.75) is 6.92 Å². The maximum Gasteiger partial charge on any atom is 0.337 e. The maximum atomic E-state index is 12.0. The van der Waals surface area contributed by atoms with Gasteiger partial charge in [-0.05, 0) is 43.3 Å². The molecule has 0 atom stereocenters. The van der Waals surface area contributed by atoms with Gasteiger partial charge in [0.15, 0.2) is 0 Å². The number of nitrogens with one attached hydrogen (secondary N) is 1. The lowest BCUT2D eigenvalue weighted by atomic mass is 10.2. The lowest BCUT2D eigenvalue weighted by Gasteiger charge is -2.06. The molecule has 0 spiro atoms. The predicted molar refractivity (Wildman–Crippen MR) is 75.3 cm³/mol. The third-order valence-electron chi connectivity index (χ3n) is 2.65. The van der Waals surface area contributed by atoms with E-state index in [1.165, 1.54) is 12.1 Å². The Labute approximate surface area is 120 Å². The molecule has 1 aromatic carbocycles. The standard InChI is InChI=1S/C14H11ClN2O3/c1-8-11(14(19)20)6-7-12(16-8)13(18)17-10-4-2-9(15)3-5-10/h2-7H,1H3,(H,17,18)(H,19,20). The average molecular weight is 291 g/mol. The zero-order valence-electron chi connectivity index (χ0n) is 10.6. The van der Waals surface area contributed by atoms with E-state index in [-0.39, 0.29) is 11.3 Å². The zero-order chi connectivity index (χ0) is 14.7.